The van der Waals surface area contributed by atoms with Crippen LogP contribution in [0.15, 0.2) is 36.4 Å². The van der Waals surface area contributed by atoms with Gasteiger partial charge in [0.15, 0.2) is 0 Å². The second-order valence-corrected chi connectivity index (χ2v) is 7.09. The molecule has 0 bridgehead atoms. The van der Waals surface area contributed by atoms with Gasteiger partial charge < -0.3 is 15.5 Å². The predicted molar refractivity (Wildman–Crippen MR) is 105 cm³/mol. The summed E-state index contributed by atoms with van der Waals surface area (Å²) in [4.78, 5) is 26.4. The molecule has 0 unspecified atom stereocenters. The molecule has 26 heavy (non-hydrogen) atoms. The topological polar surface area (TPSA) is 61.4 Å². The maximum Gasteiger partial charge on any atom is 0.319 e. The Labute approximate surface area is 158 Å². The highest BCUT2D eigenvalue weighted by molar-refractivity contribution is 6.31. The molecule has 6 heteroatoms. The molecule has 2 aromatic rings. The fraction of sp³-hybridized carbons (Fsp3) is 0.300. The molecule has 1 aliphatic heterocycles. The molecule has 0 aromatic heterocycles. The van der Waals surface area contributed by atoms with Crippen LogP contribution in [0.5, 0.6) is 0 Å². The third-order valence-electron chi connectivity index (χ3n) is 4.78. The first kappa shape index (κ1) is 18.3. The molecule has 3 rings (SSSR count). The number of nitrogens with one attached hydrogen (secondary N) is 2. The zero-order valence-corrected chi connectivity index (χ0v) is 15.9. The number of nitrogens with zero attached hydrogens (tertiary/aromatic N) is 1. The van der Waals surface area contributed by atoms with E-state index in [0.717, 1.165) is 16.8 Å². The summed E-state index contributed by atoms with van der Waals surface area (Å²) in [6, 6.07) is 10.7. The van der Waals surface area contributed by atoms with Crippen molar-refractivity contribution in [3.05, 3.63) is 58.1 Å². The molecule has 1 aliphatic rings. The van der Waals surface area contributed by atoms with E-state index in [1.165, 1.54) is 5.56 Å². The maximum atomic E-state index is 12.4. The first-order valence-corrected chi connectivity index (χ1v) is 8.93. The van der Waals surface area contributed by atoms with Crippen molar-refractivity contribution < 1.29 is 9.59 Å². The van der Waals surface area contributed by atoms with E-state index in [2.05, 4.69) is 10.6 Å². The monoisotopic (exact) mass is 371 g/mol. The summed E-state index contributed by atoms with van der Waals surface area (Å²) < 4.78 is 0. The number of rotatable bonds is 3. The van der Waals surface area contributed by atoms with Crippen molar-refractivity contribution in [2.24, 2.45) is 0 Å². The molecule has 1 heterocycles. The molecular formula is C20H22ClN3O2. The zero-order chi connectivity index (χ0) is 18.8. The summed E-state index contributed by atoms with van der Waals surface area (Å²) in [6.45, 7) is 6.37. The van der Waals surface area contributed by atoms with Crippen LogP contribution in [0, 0.1) is 20.8 Å². The number of amides is 3. The van der Waals surface area contributed by atoms with E-state index in [9.17, 15) is 9.59 Å². The summed E-state index contributed by atoms with van der Waals surface area (Å²) >= 11 is 6.07. The van der Waals surface area contributed by atoms with Crippen LogP contribution in [0.25, 0.3) is 0 Å². The number of hydrogen-bond acceptors (Lipinski definition) is 2. The summed E-state index contributed by atoms with van der Waals surface area (Å²) in [5.74, 6) is 0.0116. The Morgan fingerprint density at radius 3 is 2.65 bits per heavy atom. The fourth-order valence-electron chi connectivity index (χ4n) is 3.03. The van der Waals surface area contributed by atoms with Gasteiger partial charge in [-0.25, -0.2) is 4.79 Å². The van der Waals surface area contributed by atoms with Gasteiger partial charge >= 0.3 is 6.03 Å². The number of urea groups is 1. The normalized spacial score (nSPS) is 16.7. The Bertz CT molecular complexity index is 866. The van der Waals surface area contributed by atoms with Gasteiger partial charge in [0.25, 0.3) is 0 Å². The predicted octanol–water partition coefficient (Wildman–Crippen LogP) is 4.19. The Kier molecular flexibility index (Phi) is 5.18. The summed E-state index contributed by atoms with van der Waals surface area (Å²) in [5.41, 5.74) is 4.66. The number of benzene rings is 2. The Morgan fingerprint density at radius 1 is 1.15 bits per heavy atom. The van der Waals surface area contributed by atoms with E-state index in [-0.39, 0.29) is 24.4 Å². The van der Waals surface area contributed by atoms with Crippen LogP contribution in [-0.4, -0.2) is 24.5 Å². The second-order valence-electron chi connectivity index (χ2n) is 6.68. The highest BCUT2D eigenvalue weighted by Gasteiger charge is 2.31. The molecule has 1 saturated heterocycles. The van der Waals surface area contributed by atoms with Crippen LogP contribution in [0.3, 0.4) is 0 Å². The van der Waals surface area contributed by atoms with Crippen LogP contribution < -0.4 is 15.5 Å². The van der Waals surface area contributed by atoms with E-state index in [1.54, 1.807) is 23.1 Å². The van der Waals surface area contributed by atoms with Gasteiger partial charge in [-0.15, -0.1) is 0 Å². The second kappa shape index (κ2) is 7.38. The molecule has 0 spiro atoms. The lowest BCUT2D eigenvalue weighted by molar-refractivity contribution is -0.117. The number of carbonyl (C=O) groups is 2. The average Bonchev–Trinajstić information content (AvgIpc) is 2.94. The molecule has 0 radical (unpaired) electrons. The Morgan fingerprint density at radius 2 is 1.92 bits per heavy atom. The van der Waals surface area contributed by atoms with E-state index in [4.69, 9.17) is 11.6 Å². The largest absolute Gasteiger partial charge is 0.333 e. The molecule has 136 valence electrons. The van der Waals surface area contributed by atoms with Crippen LogP contribution >= 0.6 is 11.6 Å². The fourth-order valence-corrected chi connectivity index (χ4v) is 3.21. The quantitative estimate of drug-likeness (QED) is 0.849. The molecule has 3 amide bonds. The standard InChI is InChI=1S/C20H22ClN3O2/c1-12-7-8-16(9-13(12)2)24-11-15(10-19(24)25)22-20(26)23-18-6-4-5-17(21)14(18)3/h4-9,15H,10-11H2,1-3H3,(H2,22,23,26)/t15-/m1/s1. The van der Waals surface area contributed by atoms with Gasteiger partial charge in [0.2, 0.25) is 5.91 Å². The SMILES string of the molecule is Cc1ccc(N2C[C@H](NC(=O)Nc3cccc(Cl)c3C)CC2=O)cc1C. The molecule has 1 fully saturated rings. The van der Waals surface area contributed by atoms with Gasteiger partial charge in [-0.2, -0.15) is 0 Å². The molecule has 2 N–H and O–H groups in total. The van der Waals surface area contributed by atoms with Gasteiger partial charge in [-0.1, -0.05) is 23.7 Å². The van der Waals surface area contributed by atoms with Crippen molar-refractivity contribution in [3.8, 4) is 0 Å². The molecule has 5 nitrogen and oxygen atoms in total. The lowest BCUT2D eigenvalue weighted by Gasteiger charge is -2.19. The first-order valence-electron chi connectivity index (χ1n) is 8.55. The van der Waals surface area contributed by atoms with Gasteiger partial charge in [0.05, 0.1) is 6.04 Å². The number of anilines is 2. The molecule has 0 aliphatic carbocycles. The van der Waals surface area contributed by atoms with Crippen LogP contribution in [0.1, 0.15) is 23.1 Å². The number of halogens is 1. The van der Waals surface area contributed by atoms with E-state index in [0.29, 0.717) is 17.3 Å². The van der Waals surface area contributed by atoms with Crippen molar-refractivity contribution >= 4 is 34.9 Å². The zero-order valence-electron chi connectivity index (χ0n) is 15.1. The minimum Gasteiger partial charge on any atom is -0.333 e. The minimum atomic E-state index is -0.338. The average molecular weight is 372 g/mol. The number of aryl methyl sites for hydroxylation is 2. The van der Waals surface area contributed by atoms with Crippen molar-refractivity contribution in [2.45, 2.75) is 33.2 Å². The van der Waals surface area contributed by atoms with Crippen molar-refractivity contribution in [3.63, 3.8) is 0 Å². The van der Waals surface area contributed by atoms with Gasteiger partial charge in [0, 0.05) is 29.4 Å². The van der Waals surface area contributed by atoms with Crippen molar-refractivity contribution in [1.29, 1.82) is 0 Å². The number of hydrogen-bond donors (Lipinski definition) is 2. The van der Waals surface area contributed by atoms with Crippen LogP contribution in [0.4, 0.5) is 16.2 Å². The first-order chi connectivity index (χ1) is 12.3. The molecule has 1 atom stereocenters. The summed E-state index contributed by atoms with van der Waals surface area (Å²) in [6.07, 6.45) is 0.287. The van der Waals surface area contributed by atoms with Crippen molar-refractivity contribution in [1.82, 2.24) is 5.32 Å². The van der Waals surface area contributed by atoms with Gasteiger partial charge in [0.1, 0.15) is 0 Å². The summed E-state index contributed by atoms with van der Waals surface area (Å²) in [7, 11) is 0. The van der Waals surface area contributed by atoms with E-state index >= 15 is 0 Å². The molecule has 2 aromatic carbocycles. The third-order valence-corrected chi connectivity index (χ3v) is 5.19. The summed E-state index contributed by atoms with van der Waals surface area (Å²) in [5, 5.41) is 6.27. The van der Waals surface area contributed by atoms with Crippen LogP contribution in [0.2, 0.25) is 5.02 Å². The van der Waals surface area contributed by atoms with E-state index in [1.807, 2.05) is 39.0 Å². The lowest BCUT2D eigenvalue weighted by Crippen LogP contribution is -2.39. The maximum absolute atomic E-state index is 12.4. The van der Waals surface area contributed by atoms with Gasteiger partial charge in [-0.05, 0) is 61.7 Å². The smallest absolute Gasteiger partial charge is 0.319 e. The Balaban J connectivity index is 1.64. The Hall–Kier alpha value is -2.53. The molecule has 0 saturated carbocycles. The lowest BCUT2D eigenvalue weighted by atomic mass is 10.1. The third kappa shape index (κ3) is 3.83. The molecular weight excluding hydrogens is 350 g/mol. The van der Waals surface area contributed by atoms with Crippen LogP contribution in [-0.2, 0) is 4.79 Å². The highest BCUT2D eigenvalue weighted by atomic mass is 35.5. The number of carbonyl (C=O) groups excluding carboxylic acids is 2. The highest BCUT2D eigenvalue weighted by Crippen LogP contribution is 2.25. The van der Waals surface area contributed by atoms with E-state index < -0.39 is 0 Å². The minimum absolute atomic E-state index is 0.0116. The van der Waals surface area contributed by atoms with Gasteiger partial charge in [-0.3, -0.25) is 4.79 Å². The van der Waals surface area contributed by atoms with Crippen molar-refractivity contribution in [2.75, 3.05) is 16.8 Å².